The fourth-order valence-electron chi connectivity index (χ4n) is 2.31. The highest BCUT2D eigenvalue weighted by atomic mass is 16.3. The molecule has 4 aromatic rings. The molecule has 1 aromatic heterocycles. The molecule has 3 aromatic carbocycles. The zero-order valence-electron chi connectivity index (χ0n) is 12.9. The summed E-state index contributed by atoms with van der Waals surface area (Å²) in [4.78, 5) is 0. The average molecular weight is 305 g/mol. The largest absolute Gasteiger partial charge is 0.506 e. The van der Waals surface area contributed by atoms with Crippen LogP contribution < -0.4 is 5.73 Å². The Labute approximate surface area is 134 Å². The first-order valence-corrected chi connectivity index (χ1v) is 7.40. The van der Waals surface area contributed by atoms with Gasteiger partial charge in [0, 0.05) is 0 Å². The van der Waals surface area contributed by atoms with E-state index in [0.29, 0.717) is 5.69 Å². The number of nitrogens with one attached hydrogen (secondary N) is 2. The lowest BCUT2D eigenvalue weighted by atomic mass is 10.1. The van der Waals surface area contributed by atoms with Crippen LogP contribution in [0.5, 0.6) is 5.75 Å². The van der Waals surface area contributed by atoms with E-state index in [1.54, 1.807) is 12.1 Å². The van der Waals surface area contributed by atoms with Crippen LogP contribution in [0.3, 0.4) is 0 Å². The first-order chi connectivity index (χ1) is 11.1. The Morgan fingerprint density at radius 1 is 0.783 bits per heavy atom. The van der Waals surface area contributed by atoms with Crippen molar-refractivity contribution in [1.82, 2.24) is 10.2 Å². The van der Waals surface area contributed by atoms with Crippen molar-refractivity contribution in [3.63, 3.8) is 0 Å². The molecule has 4 nitrogen and oxygen atoms in total. The maximum absolute atomic E-state index is 8.92. The molecule has 5 N–H and O–H groups in total. The lowest BCUT2D eigenvalue weighted by Crippen LogP contribution is -1.90. The van der Waals surface area contributed by atoms with E-state index in [9.17, 15) is 0 Å². The Bertz CT molecular complexity index is 907. The van der Waals surface area contributed by atoms with Crippen molar-refractivity contribution < 1.29 is 5.11 Å². The van der Waals surface area contributed by atoms with Crippen LogP contribution in [0.4, 0.5) is 5.69 Å². The molecule has 0 atom stereocenters. The Morgan fingerprint density at radius 3 is 2.09 bits per heavy atom. The number of anilines is 1. The molecule has 0 unspecified atom stereocenters. The van der Waals surface area contributed by atoms with E-state index in [2.05, 4.69) is 52.7 Å². The number of aromatic amines is 2. The van der Waals surface area contributed by atoms with Gasteiger partial charge in [-0.25, -0.2) is 0 Å². The number of hydrogen-bond donors (Lipinski definition) is 4. The standard InChI is InChI=1S/C12H10N2.C7H9NO/c1-2-4-9(5-3-1)10-6-7-11-12(8-10)14-13-11;1-5-2-3-7(9)6(8)4-5/h1-8,13-14H;2-4,9H,8H2,1H3. The van der Waals surface area contributed by atoms with E-state index in [1.165, 1.54) is 22.2 Å². The fourth-order valence-corrected chi connectivity index (χ4v) is 2.31. The number of hydrogen-bond acceptors (Lipinski definition) is 2. The SMILES string of the molecule is Cc1ccc(O)c(N)c1.c1ccc(-c2ccc3[nH][nH]c3c2)cc1. The number of fused-ring (bicyclic) bond motifs is 1. The van der Waals surface area contributed by atoms with Gasteiger partial charge < -0.3 is 10.8 Å². The van der Waals surface area contributed by atoms with Gasteiger partial charge in [0.25, 0.3) is 0 Å². The van der Waals surface area contributed by atoms with E-state index >= 15 is 0 Å². The van der Waals surface area contributed by atoms with E-state index in [4.69, 9.17) is 10.8 Å². The summed E-state index contributed by atoms with van der Waals surface area (Å²) in [5.74, 6) is 0.153. The van der Waals surface area contributed by atoms with Crippen molar-refractivity contribution >= 4 is 16.7 Å². The highest BCUT2D eigenvalue weighted by molar-refractivity contribution is 5.82. The van der Waals surface area contributed by atoms with Crippen LogP contribution in [-0.4, -0.2) is 15.3 Å². The van der Waals surface area contributed by atoms with Gasteiger partial charge in [0.2, 0.25) is 0 Å². The van der Waals surface area contributed by atoms with Crippen LogP contribution in [0.25, 0.3) is 22.2 Å². The predicted molar refractivity (Wildman–Crippen MR) is 95.3 cm³/mol. The van der Waals surface area contributed by atoms with Gasteiger partial charge >= 0.3 is 0 Å². The summed E-state index contributed by atoms with van der Waals surface area (Å²) in [5.41, 5.74) is 11.7. The maximum atomic E-state index is 8.92. The minimum atomic E-state index is 0.153. The van der Waals surface area contributed by atoms with Gasteiger partial charge in [-0.2, -0.15) is 0 Å². The highest BCUT2D eigenvalue weighted by Gasteiger charge is 2.00. The zero-order chi connectivity index (χ0) is 16.2. The second-order valence-electron chi connectivity index (χ2n) is 5.44. The number of aromatic hydroxyl groups is 1. The Morgan fingerprint density at radius 2 is 1.52 bits per heavy atom. The highest BCUT2D eigenvalue weighted by Crippen LogP contribution is 2.22. The minimum absolute atomic E-state index is 0.153. The van der Waals surface area contributed by atoms with Gasteiger partial charge in [-0.3, -0.25) is 10.2 Å². The van der Waals surface area contributed by atoms with E-state index in [1.807, 2.05) is 19.1 Å². The number of aromatic nitrogens is 2. The molecule has 0 amide bonds. The van der Waals surface area contributed by atoms with Crippen molar-refractivity contribution in [1.29, 1.82) is 0 Å². The van der Waals surface area contributed by atoms with Gasteiger partial charge in [-0.05, 0) is 47.9 Å². The molecular weight excluding hydrogens is 286 g/mol. The predicted octanol–water partition coefficient (Wildman–Crippen LogP) is 4.45. The van der Waals surface area contributed by atoms with E-state index in [0.717, 1.165) is 5.56 Å². The van der Waals surface area contributed by atoms with Crippen LogP contribution in [0.1, 0.15) is 5.56 Å². The quantitative estimate of drug-likeness (QED) is 0.310. The number of benzene rings is 3. The molecule has 0 spiro atoms. The van der Waals surface area contributed by atoms with Gasteiger partial charge in [-0.1, -0.05) is 42.5 Å². The third kappa shape index (κ3) is 3.37. The van der Waals surface area contributed by atoms with Gasteiger partial charge in [0.05, 0.1) is 16.7 Å². The minimum Gasteiger partial charge on any atom is -0.506 e. The molecule has 4 heteroatoms. The van der Waals surface area contributed by atoms with Crippen LogP contribution in [0.15, 0.2) is 66.7 Å². The first kappa shape index (κ1) is 14.8. The number of nitrogen functional groups attached to an aromatic ring is 1. The average Bonchev–Trinajstić information content (AvgIpc) is 2.54. The summed E-state index contributed by atoms with van der Waals surface area (Å²) in [7, 11) is 0. The van der Waals surface area contributed by atoms with Crippen molar-refractivity contribution in [2.45, 2.75) is 6.92 Å². The first-order valence-electron chi connectivity index (χ1n) is 7.40. The van der Waals surface area contributed by atoms with Crippen LogP contribution >= 0.6 is 0 Å². The van der Waals surface area contributed by atoms with Crippen LogP contribution in [0, 0.1) is 6.92 Å². The number of phenols is 1. The topological polar surface area (TPSA) is 77.8 Å². The van der Waals surface area contributed by atoms with Gasteiger partial charge in [0.15, 0.2) is 0 Å². The van der Waals surface area contributed by atoms with Gasteiger partial charge in [-0.15, -0.1) is 0 Å². The number of H-pyrrole nitrogens is 2. The third-order valence-electron chi connectivity index (χ3n) is 3.64. The van der Waals surface area contributed by atoms with Crippen molar-refractivity contribution in [3.05, 3.63) is 72.3 Å². The Kier molecular flexibility index (Phi) is 4.06. The third-order valence-corrected chi connectivity index (χ3v) is 3.64. The molecule has 0 saturated heterocycles. The number of rotatable bonds is 1. The normalized spacial score (nSPS) is 10.3. The summed E-state index contributed by atoms with van der Waals surface area (Å²) in [5, 5.41) is 15.0. The molecule has 0 aliphatic heterocycles. The van der Waals surface area contributed by atoms with Crippen molar-refractivity contribution in [2.24, 2.45) is 0 Å². The molecular formula is C19H19N3O. The summed E-state index contributed by atoms with van der Waals surface area (Å²) >= 11 is 0. The molecule has 4 rings (SSSR count). The second kappa shape index (κ2) is 6.32. The molecule has 116 valence electrons. The Hall–Kier alpha value is -3.14. The molecule has 0 aliphatic carbocycles. The van der Waals surface area contributed by atoms with Gasteiger partial charge in [0.1, 0.15) is 5.75 Å². The van der Waals surface area contributed by atoms with E-state index < -0.39 is 0 Å². The fraction of sp³-hybridized carbons (Fsp3) is 0.0526. The second-order valence-corrected chi connectivity index (χ2v) is 5.44. The molecule has 1 heterocycles. The van der Waals surface area contributed by atoms with E-state index in [-0.39, 0.29) is 5.75 Å². The lowest BCUT2D eigenvalue weighted by molar-refractivity contribution is 0.478. The number of phenolic OH excluding ortho intramolecular Hbond substituents is 1. The van der Waals surface area contributed by atoms with Crippen LogP contribution in [0.2, 0.25) is 0 Å². The molecule has 0 bridgehead atoms. The molecule has 23 heavy (non-hydrogen) atoms. The smallest absolute Gasteiger partial charge is 0.138 e. The Balaban J connectivity index is 0.000000151. The molecule has 0 aliphatic rings. The molecule has 0 fully saturated rings. The summed E-state index contributed by atoms with van der Waals surface area (Å²) < 4.78 is 0. The lowest BCUT2D eigenvalue weighted by Gasteiger charge is -2.06. The molecule has 0 radical (unpaired) electrons. The maximum Gasteiger partial charge on any atom is 0.138 e. The number of aryl methyl sites for hydroxylation is 1. The molecule has 0 saturated carbocycles. The van der Waals surface area contributed by atoms with Crippen molar-refractivity contribution in [3.8, 4) is 16.9 Å². The van der Waals surface area contributed by atoms with Crippen LogP contribution in [-0.2, 0) is 0 Å². The zero-order valence-corrected chi connectivity index (χ0v) is 12.9. The monoisotopic (exact) mass is 305 g/mol. The summed E-state index contributed by atoms with van der Waals surface area (Å²) in [6.07, 6.45) is 0. The van der Waals surface area contributed by atoms with Crippen molar-refractivity contribution in [2.75, 3.05) is 5.73 Å². The summed E-state index contributed by atoms with van der Waals surface area (Å²) in [6, 6.07) is 21.9. The summed E-state index contributed by atoms with van der Waals surface area (Å²) in [6.45, 7) is 1.93. The number of nitrogens with two attached hydrogens (primary N) is 1.